The van der Waals surface area contributed by atoms with Crippen LogP contribution in [0.4, 0.5) is 0 Å². The highest BCUT2D eigenvalue weighted by Gasteiger charge is 2.35. The first-order valence-corrected chi connectivity index (χ1v) is 8.00. The van der Waals surface area contributed by atoms with Crippen LogP contribution in [0, 0.1) is 0 Å². The van der Waals surface area contributed by atoms with Crippen LogP contribution in [0.25, 0.3) is 0 Å². The fourth-order valence-electron chi connectivity index (χ4n) is 3.37. The van der Waals surface area contributed by atoms with Gasteiger partial charge in [-0.25, -0.2) is 0 Å². The number of benzene rings is 1. The van der Waals surface area contributed by atoms with Gasteiger partial charge in [0.05, 0.1) is 12.7 Å². The number of nitrogens with one attached hydrogen (secondary N) is 1. The molecule has 2 aliphatic heterocycles. The van der Waals surface area contributed by atoms with E-state index in [2.05, 4.69) is 46.4 Å². The van der Waals surface area contributed by atoms with Crippen LogP contribution >= 0.6 is 0 Å². The highest BCUT2D eigenvalue weighted by Crippen LogP contribution is 2.20. The van der Waals surface area contributed by atoms with Gasteiger partial charge < -0.3 is 9.80 Å². The van der Waals surface area contributed by atoms with E-state index in [1.807, 2.05) is 6.07 Å². The Labute approximate surface area is 127 Å². The number of carbonyl (C=O) groups is 1. The summed E-state index contributed by atoms with van der Waals surface area (Å²) in [6.45, 7) is 2.93. The highest BCUT2D eigenvalue weighted by molar-refractivity contribution is 5.84. The molecule has 0 bridgehead atoms. The molecule has 2 heterocycles. The number of likely N-dealkylation sites (tertiary alicyclic amines) is 1. The van der Waals surface area contributed by atoms with Crippen LogP contribution in [-0.2, 0) is 11.2 Å². The number of rotatable bonds is 4. The molecular weight excluding hydrogens is 262 g/mol. The fourth-order valence-corrected chi connectivity index (χ4v) is 3.37. The smallest absolute Gasteiger partial charge is 0.241 e. The summed E-state index contributed by atoms with van der Waals surface area (Å²) in [6.07, 6.45) is 4.07. The van der Waals surface area contributed by atoms with Gasteiger partial charge in [-0.05, 0) is 51.4 Å². The first kappa shape index (κ1) is 14.5. The quantitative estimate of drug-likeness (QED) is 0.911. The van der Waals surface area contributed by atoms with Gasteiger partial charge >= 0.3 is 0 Å². The molecule has 0 aliphatic carbocycles. The van der Waals surface area contributed by atoms with Crippen LogP contribution in [0.3, 0.4) is 0 Å². The zero-order valence-electron chi connectivity index (χ0n) is 12.8. The summed E-state index contributed by atoms with van der Waals surface area (Å²) in [5.74, 6) is 0.306. The van der Waals surface area contributed by atoms with Crippen molar-refractivity contribution in [2.24, 2.45) is 0 Å². The second-order valence-corrected chi connectivity index (χ2v) is 6.28. The molecule has 1 N–H and O–H groups in total. The van der Waals surface area contributed by atoms with Gasteiger partial charge in [-0.3, -0.25) is 10.1 Å². The molecule has 4 nitrogen and oxygen atoms in total. The van der Waals surface area contributed by atoms with Crippen LogP contribution in [0.5, 0.6) is 0 Å². The van der Waals surface area contributed by atoms with E-state index < -0.39 is 0 Å². The first-order chi connectivity index (χ1) is 10.2. The van der Waals surface area contributed by atoms with Gasteiger partial charge in [-0.1, -0.05) is 30.3 Å². The zero-order chi connectivity index (χ0) is 14.7. The lowest BCUT2D eigenvalue weighted by Gasteiger charge is -2.34. The van der Waals surface area contributed by atoms with Crippen LogP contribution in [0.15, 0.2) is 30.3 Å². The molecule has 2 aliphatic rings. The second-order valence-electron chi connectivity index (χ2n) is 6.28. The Balaban J connectivity index is 1.52. The molecule has 1 amide bonds. The number of carbonyl (C=O) groups excluding carboxylic acids is 1. The summed E-state index contributed by atoms with van der Waals surface area (Å²) in [5.41, 5.74) is 1.31. The van der Waals surface area contributed by atoms with E-state index in [1.54, 1.807) is 0 Å². The van der Waals surface area contributed by atoms with Crippen molar-refractivity contribution in [1.82, 2.24) is 15.1 Å². The molecule has 1 unspecified atom stereocenters. The van der Waals surface area contributed by atoms with Crippen LogP contribution in [-0.4, -0.2) is 54.6 Å². The van der Waals surface area contributed by atoms with Gasteiger partial charge in [0.1, 0.15) is 0 Å². The van der Waals surface area contributed by atoms with Crippen molar-refractivity contribution >= 4 is 5.91 Å². The molecule has 0 aromatic heterocycles. The Morgan fingerprint density at radius 3 is 2.62 bits per heavy atom. The minimum atomic E-state index is 0.00450. The van der Waals surface area contributed by atoms with Crippen molar-refractivity contribution in [2.45, 2.75) is 37.8 Å². The van der Waals surface area contributed by atoms with Crippen molar-refractivity contribution in [3.8, 4) is 0 Å². The van der Waals surface area contributed by atoms with E-state index in [4.69, 9.17) is 0 Å². The lowest BCUT2D eigenvalue weighted by atomic mass is 10.0. The molecule has 0 saturated carbocycles. The average Bonchev–Trinajstić information content (AvgIpc) is 2.88. The van der Waals surface area contributed by atoms with Crippen molar-refractivity contribution in [1.29, 1.82) is 0 Å². The Hall–Kier alpha value is -1.39. The molecule has 114 valence electrons. The number of amides is 1. The summed E-state index contributed by atoms with van der Waals surface area (Å²) >= 11 is 0. The normalized spacial score (nSPS) is 24.7. The van der Waals surface area contributed by atoms with Crippen LogP contribution < -0.4 is 5.32 Å². The van der Waals surface area contributed by atoms with E-state index in [1.165, 1.54) is 5.56 Å². The lowest BCUT2D eigenvalue weighted by Crippen LogP contribution is -2.45. The molecular formula is C17H25N3O. The molecule has 1 aromatic carbocycles. The van der Waals surface area contributed by atoms with Crippen molar-refractivity contribution in [3.63, 3.8) is 0 Å². The predicted molar refractivity (Wildman–Crippen MR) is 83.9 cm³/mol. The van der Waals surface area contributed by atoms with Gasteiger partial charge in [0.15, 0.2) is 0 Å². The molecule has 0 spiro atoms. The summed E-state index contributed by atoms with van der Waals surface area (Å²) < 4.78 is 0. The van der Waals surface area contributed by atoms with Gasteiger partial charge in [0.25, 0.3) is 0 Å². The first-order valence-electron chi connectivity index (χ1n) is 8.00. The number of nitrogens with zero attached hydrogens (tertiary/aromatic N) is 2. The van der Waals surface area contributed by atoms with Crippen molar-refractivity contribution < 1.29 is 4.79 Å². The zero-order valence-corrected chi connectivity index (χ0v) is 12.8. The third kappa shape index (κ3) is 3.44. The minimum absolute atomic E-state index is 0.00450. The maximum Gasteiger partial charge on any atom is 0.241 e. The minimum Gasteiger partial charge on any atom is -0.325 e. The second kappa shape index (κ2) is 6.58. The standard InChI is InChI=1S/C17H25N3O/c1-19-11-9-15(10-12-19)20-13-18-16(17(20)21)8-7-14-5-3-2-4-6-14/h2-6,15-16,18H,7-13H2,1H3. The molecule has 3 rings (SSSR count). The molecule has 21 heavy (non-hydrogen) atoms. The van der Waals surface area contributed by atoms with Gasteiger partial charge in [0.2, 0.25) is 5.91 Å². The molecule has 4 heteroatoms. The van der Waals surface area contributed by atoms with Crippen molar-refractivity contribution in [3.05, 3.63) is 35.9 Å². The predicted octanol–water partition coefficient (Wildman–Crippen LogP) is 1.47. The molecule has 1 aromatic rings. The monoisotopic (exact) mass is 287 g/mol. The maximum atomic E-state index is 12.6. The van der Waals surface area contributed by atoms with Crippen LogP contribution in [0.2, 0.25) is 0 Å². The van der Waals surface area contributed by atoms with Crippen LogP contribution in [0.1, 0.15) is 24.8 Å². The Bertz CT molecular complexity index is 468. The van der Waals surface area contributed by atoms with Crippen molar-refractivity contribution in [2.75, 3.05) is 26.8 Å². The van der Waals surface area contributed by atoms with Gasteiger partial charge in [-0.15, -0.1) is 0 Å². The Morgan fingerprint density at radius 1 is 1.19 bits per heavy atom. The number of hydrogen-bond donors (Lipinski definition) is 1. The van der Waals surface area contributed by atoms with Gasteiger partial charge in [0, 0.05) is 6.04 Å². The third-order valence-corrected chi connectivity index (χ3v) is 4.78. The molecule has 2 fully saturated rings. The average molecular weight is 287 g/mol. The lowest BCUT2D eigenvalue weighted by molar-refractivity contribution is -0.131. The largest absolute Gasteiger partial charge is 0.325 e. The highest BCUT2D eigenvalue weighted by atomic mass is 16.2. The number of piperidine rings is 1. The van der Waals surface area contributed by atoms with Gasteiger partial charge in [-0.2, -0.15) is 0 Å². The summed E-state index contributed by atoms with van der Waals surface area (Å²) in [4.78, 5) is 17.0. The SMILES string of the molecule is CN1CCC(N2CNC(CCc3ccccc3)C2=O)CC1. The maximum absolute atomic E-state index is 12.6. The number of aryl methyl sites for hydroxylation is 1. The summed E-state index contributed by atoms with van der Waals surface area (Å²) in [5, 5.41) is 3.40. The van der Waals surface area contributed by atoms with E-state index in [0.29, 0.717) is 11.9 Å². The Kier molecular flexibility index (Phi) is 4.56. The molecule has 0 radical (unpaired) electrons. The van der Waals surface area contributed by atoms with E-state index in [9.17, 15) is 4.79 Å². The summed E-state index contributed by atoms with van der Waals surface area (Å²) in [6, 6.07) is 10.9. The van der Waals surface area contributed by atoms with E-state index in [-0.39, 0.29) is 6.04 Å². The topological polar surface area (TPSA) is 35.6 Å². The number of hydrogen-bond acceptors (Lipinski definition) is 3. The third-order valence-electron chi connectivity index (χ3n) is 4.78. The fraction of sp³-hybridized carbons (Fsp3) is 0.588. The molecule has 1 atom stereocenters. The Morgan fingerprint density at radius 2 is 1.90 bits per heavy atom. The van der Waals surface area contributed by atoms with E-state index >= 15 is 0 Å². The molecule has 2 saturated heterocycles. The summed E-state index contributed by atoms with van der Waals surface area (Å²) in [7, 11) is 2.16. The van der Waals surface area contributed by atoms with E-state index in [0.717, 1.165) is 45.4 Å².